The summed E-state index contributed by atoms with van der Waals surface area (Å²) in [4.78, 5) is 21.0. The number of hydrogen-bond acceptors (Lipinski definition) is 5. The Kier molecular flexibility index (Phi) is 8.10. The third-order valence-electron chi connectivity index (χ3n) is 5.40. The number of guanidine groups is 1. The fourth-order valence-corrected chi connectivity index (χ4v) is 3.55. The molecular formula is C23H32FN5O3. The van der Waals surface area contributed by atoms with E-state index in [1.807, 2.05) is 11.8 Å². The summed E-state index contributed by atoms with van der Waals surface area (Å²) in [5.74, 6) is 0.815. The summed E-state index contributed by atoms with van der Waals surface area (Å²) >= 11 is 0. The Bertz CT molecular complexity index is 876. The molecule has 1 aromatic heterocycles. The molecule has 2 heterocycles. The molecule has 32 heavy (non-hydrogen) atoms. The van der Waals surface area contributed by atoms with Crippen molar-refractivity contribution >= 4 is 17.6 Å². The van der Waals surface area contributed by atoms with E-state index in [1.165, 1.54) is 18.4 Å². The summed E-state index contributed by atoms with van der Waals surface area (Å²) in [5.41, 5.74) is -0.247. The molecule has 1 atom stereocenters. The maximum absolute atomic E-state index is 13.1. The molecular weight excluding hydrogens is 413 g/mol. The van der Waals surface area contributed by atoms with Crippen LogP contribution in [0.2, 0.25) is 0 Å². The lowest BCUT2D eigenvalue weighted by Crippen LogP contribution is -2.49. The first-order valence-electron chi connectivity index (χ1n) is 11.0. The van der Waals surface area contributed by atoms with E-state index in [-0.39, 0.29) is 18.3 Å². The predicted octanol–water partition coefficient (Wildman–Crippen LogP) is 1.92. The molecule has 3 rings (SSSR count). The molecule has 1 saturated heterocycles. The third-order valence-corrected chi connectivity index (χ3v) is 5.40. The van der Waals surface area contributed by atoms with Gasteiger partial charge in [0.25, 0.3) is 0 Å². The van der Waals surface area contributed by atoms with E-state index in [9.17, 15) is 14.3 Å². The van der Waals surface area contributed by atoms with E-state index in [1.54, 1.807) is 31.2 Å². The number of furan rings is 1. The lowest BCUT2D eigenvalue weighted by molar-refractivity contribution is -0.131. The Balaban J connectivity index is 1.43. The molecule has 1 amide bonds. The Morgan fingerprint density at radius 3 is 2.53 bits per heavy atom. The molecule has 8 nitrogen and oxygen atoms in total. The molecule has 2 aromatic rings. The highest BCUT2D eigenvalue weighted by molar-refractivity contribution is 5.81. The van der Waals surface area contributed by atoms with Crippen molar-refractivity contribution in [3.05, 3.63) is 54.2 Å². The molecule has 0 spiro atoms. The predicted molar refractivity (Wildman–Crippen MR) is 122 cm³/mol. The first kappa shape index (κ1) is 23.6. The van der Waals surface area contributed by atoms with Gasteiger partial charge in [0.2, 0.25) is 5.91 Å². The Morgan fingerprint density at radius 2 is 1.91 bits per heavy atom. The number of aliphatic imine (C=N–C) groups is 1. The Morgan fingerprint density at radius 1 is 1.19 bits per heavy atom. The number of aliphatic hydroxyl groups is 1. The van der Waals surface area contributed by atoms with E-state index in [4.69, 9.17) is 4.42 Å². The van der Waals surface area contributed by atoms with Crippen LogP contribution in [-0.2, 0) is 10.4 Å². The van der Waals surface area contributed by atoms with Gasteiger partial charge in [0.15, 0.2) is 5.96 Å². The van der Waals surface area contributed by atoms with Crippen LogP contribution in [-0.4, -0.2) is 67.7 Å². The van der Waals surface area contributed by atoms with E-state index in [2.05, 4.69) is 20.5 Å². The summed E-state index contributed by atoms with van der Waals surface area (Å²) in [6, 6.07) is 9.88. The maximum atomic E-state index is 13.1. The molecule has 1 aliphatic heterocycles. The standard InChI is InChI=1S/C23H32FN5O3/c1-3-25-22(27-17-23(2,31)20-5-4-16-32-20)26-11-10-21(30)29-14-12-28(13-15-29)19-8-6-18(24)7-9-19/h4-9,16,31H,3,10-15,17H2,1-2H3,(H2,25,26,27). The number of halogens is 1. The SMILES string of the molecule is CCNC(=NCC(C)(O)c1ccco1)NCCC(=O)N1CCN(c2ccc(F)cc2)CC1. The molecule has 174 valence electrons. The van der Waals surface area contributed by atoms with Gasteiger partial charge in [0.1, 0.15) is 17.2 Å². The minimum absolute atomic E-state index is 0.0784. The summed E-state index contributed by atoms with van der Waals surface area (Å²) < 4.78 is 18.4. The monoisotopic (exact) mass is 445 g/mol. The molecule has 0 bridgehead atoms. The van der Waals surface area contributed by atoms with Crippen molar-refractivity contribution < 1.29 is 18.7 Å². The highest BCUT2D eigenvalue weighted by Crippen LogP contribution is 2.21. The van der Waals surface area contributed by atoms with Crippen LogP contribution >= 0.6 is 0 Å². The Labute approximate surface area is 188 Å². The number of piperazine rings is 1. The van der Waals surface area contributed by atoms with Crippen molar-refractivity contribution in [2.45, 2.75) is 25.9 Å². The molecule has 3 N–H and O–H groups in total. The molecule has 1 aromatic carbocycles. The van der Waals surface area contributed by atoms with Crippen molar-refractivity contribution in [2.75, 3.05) is 50.7 Å². The number of hydrogen-bond donors (Lipinski definition) is 3. The van der Waals surface area contributed by atoms with Crippen LogP contribution in [0.1, 0.15) is 26.0 Å². The van der Waals surface area contributed by atoms with Crippen molar-refractivity contribution in [3.8, 4) is 0 Å². The molecule has 0 radical (unpaired) electrons. The van der Waals surface area contributed by atoms with Gasteiger partial charge in [-0.1, -0.05) is 0 Å². The molecule has 0 aliphatic carbocycles. The van der Waals surface area contributed by atoms with Crippen LogP contribution in [0.3, 0.4) is 0 Å². The normalized spacial score (nSPS) is 16.6. The van der Waals surface area contributed by atoms with Gasteiger partial charge in [-0.15, -0.1) is 0 Å². The van der Waals surface area contributed by atoms with Crippen LogP contribution in [0.4, 0.5) is 10.1 Å². The zero-order chi connectivity index (χ0) is 23.0. The van der Waals surface area contributed by atoms with E-state index in [0.717, 1.165) is 18.8 Å². The van der Waals surface area contributed by atoms with E-state index < -0.39 is 5.60 Å². The van der Waals surface area contributed by atoms with Crippen molar-refractivity contribution in [1.29, 1.82) is 0 Å². The van der Waals surface area contributed by atoms with Gasteiger partial charge in [-0.25, -0.2) is 9.38 Å². The van der Waals surface area contributed by atoms with Gasteiger partial charge in [-0.05, 0) is 50.2 Å². The maximum Gasteiger partial charge on any atom is 0.224 e. The van der Waals surface area contributed by atoms with E-state index in [0.29, 0.717) is 44.3 Å². The van der Waals surface area contributed by atoms with Gasteiger partial charge >= 0.3 is 0 Å². The number of nitrogens with zero attached hydrogens (tertiary/aromatic N) is 3. The minimum Gasteiger partial charge on any atom is -0.466 e. The first-order chi connectivity index (χ1) is 15.4. The van der Waals surface area contributed by atoms with Gasteiger partial charge in [0.05, 0.1) is 12.8 Å². The largest absolute Gasteiger partial charge is 0.466 e. The number of amides is 1. The molecule has 1 unspecified atom stereocenters. The summed E-state index contributed by atoms with van der Waals surface area (Å²) in [5, 5.41) is 16.8. The lowest BCUT2D eigenvalue weighted by Gasteiger charge is -2.36. The topological polar surface area (TPSA) is 93.3 Å². The first-order valence-corrected chi connectivity index (χ1v) is 11.0. The number of rotatable bonds is 8. The van der Waals surface area contributed by atoms with E-state index >= 15 is 0 Å². The fourth-order valence-electron chi connectivity index (χ4n) is 3.55. The second kappa shape index (κ2) is 11.0. The van der Waals surface area contributed by atoms with Crippen LogP contribution in [0.5, 0.6) is 0 Å². The highest BCUT2D eigenvalue weighted by Gasteiger charge is 2.26. The average Bonchev–Trinajstić information content (AvgIpc) is 3.34. The van der Waals surface area contributed by atoms with Crippen LogP contribution in [0.25, 0.3) is 0 Å². The number of anilines is 1. The zero-order valence-electron chi connectivity index (χ0n) is 18.7. The number of carbonyl (C=O) groups is 1. The Hall–Kier alpha value is -3.07. The zero-order valence-corrected chi connectivity index (χ0v) is 18.7. The molecule has 0 saturated carbocycles. The third kappa shape index (κ3) is 6.46. The van der Waals surface area contributed by atoms with Crippen molar-refractivity contribution in [3.63, 3.8) is 0 Å². The quantitative estimate of drug-likeness (QED) is 0.425. The highest BCUT2D eigenvalue weighted by atomic mass is 19.1. The molecule has 1 fully saturated rings. The van der Waals surface area contributed by atoms with Crippen LogP contribution in [0.15, 0.2) is 52.1 Å². The number of benzene rings is 1. The van der Waals surface area contributed by atoms with Gasteiger partial charge < -0.3 is 30.0 Å². The smallest absolute Gasteiger partial charge is 0.224 e. The van der Waals surface area contributed by atoms with Crippen LogP contribution < -0.4 is 15.5 Å². The van der Waals surface area contributed by atoms with Gasteiger partial charge in [0, 0.05) is 51.4 Å². The molecule has 1 aliphatic rings. The number of carbonyl (C=O) groups excluding carboxylic acids is 1. The number of nitrogens with one attached hydrogen (secondary N) is 2. The van der Waals surface area contributed by atoms with Crippen LogP contribution in [0, 0.1) is 5.82 Å². The minimum atomic E-state index is -1.22. The van der Waals surface area contributed by atoms with Crippen molar-refractivity contribution in [2.24, 2.45) is 4.99 Å². The summed E-state index contributed by atoms with van der Waals surface area (Å²) in [7, 11) is 0. The molecule has 9 heteroatoms. The van der Waals surface area contributed by atoms with Crippen molar-refractivity contribution in [1.82, 2.24) is 15.5 Å². The second-order valence-electron chi connectivity index (χ2n) is 7.97. The van der Waals surface area contributed by atoms with Gasteiger partial charge in [-0.2, -0.15) is 0 Å². The lowest BCUT2D eigenvalue weighted by atomic mass is 10.0. The summed E-state index contributed by atoms with van der Waals surface area (Å²) in [6.07, 6.45) is 1.86. The average molecular weight is 446 g/mol. The fraction of sp³-hybridized carbons (Fsp3) is 0.478. The summed E-state index contributed by atoms with van der Waals surface area (Å²) in [6.45, 7) is 7.52. The second-order valence-corrected chi connectivity index (χ2v) is 7.97. The van der Waals surface area contributed by atoms with Gasteiger partial charge in [-0.3, -0.25) is 4.79 Å².